The van der Waals surface area contributed by atoms with Crippen molar-refractivity contribution < 1.29 is 9.59 Å². The Morgan fingerprint density at radius 1 is 0.892 bits per heavy atom. The molecule has 5 heteroatoms. The van der Waals surface area contributed by atoms with Crippen LogP contribution in [0.4, 0.5) is 0 Å². The molecule has 1 N–H and O–H groups in total. The molecular formula is C32H37ClN2O2. The fraction of sp³-hybridized carbons (Fsp3) is 0.375. The lowest BCUT2D eigenvalue weighted by Crippen LogP contribution is -2.52. The zero-order valence-corrected chi connectivity index (χ0v) is 22.4. The van der Waals surface area contributed by atoms with Crippen LogP contribution in [0.1, 0.15) is 61.3 Å². The number of rotatable bonds is 11. The van der Waals surface area contributed by atoms with Gasteiger partial charge in [0, 0.05) is 30.5 Å². The third-order valence-electron chi connectivity index (χ3n) is 7.33. The Kier molecular flexibility index (Phi) is 9.78. The van der Waals surface area contributed by atoms with Crippen molar-refractivity contribution in [1.29, 1.82) is 0 Å². The van der Waals surface area contributed by atoms with Crippen LogP contribution in [-0.2, 0) is 35.4 Å². The van der Waals surface area contributed by atoms with Crippen LogP contribution in [0.25, 0.3) is 0 Å². The first kappa shape index (κ1) is 26.9. The Balaban J connectivity index is 1.60. The summed E-state index contributed by atoms with van der Waals surface area (Å²) in [4.78, 5) is 29.3. The first-order chi connectivity index (χ1) is 18.0. The summed E-state index contributed by atoms with van der Waals surface area (Å²) in [5.74, 6) is -0.120. The second-order valence-electron chi connectivity index (χ2n) is 9.98. The largest absolute Gasteiger partial charge is 0.352 e. The fourth-order valence-corrected chi connectivity index (χ4v) is 5.26. The molecule has 3 aromatic carbocycles. The third-order valence-corrected chi connectivity index (χ3v) is 7.70. The van der Waals surface area contributed by atoms with E-state index in [1.807, 2.05) is 54.6 Å². The fourth-order valence-electron chi connectivity index (χ4n) is 5.07. The molecule has 1 fully saturated rings. The van der Waals surface area contributed by atoms with Crippen LogP contribution in [0.3, 0.4) is 0 Å². The normalized spacial score (nSPS) is 14.3. The van der Waals surface area contributed by atoms with Crippen LogP contribution in [0.5, 0.6) is 0 Å². The molecule has 4 rings (SSSR count). The second-order valence-corrected chi connectivity index (χ2v) is 10.4. The van der Waals surface area contributed by atoms with E-state index in [0.29, 0.717) is 30.8 Å². The van der Waals surface area contributed by atoms with Crippen molar-refractivity contribution in [3.8, 4) is 0 Å². The van der Waals surface area contributed by atoms with Gasteiger partial charge in [-0.25, -0.2) is 0 Å². The van der Waals surface area contributed by atoms with Gasteiger partial charge in [0.1, 0.15) is 6.04 Å². The number of hydrogen-bond donors (Lipinski definition) is 1. The standard InChI is InChI=1S/C32H37ClN2O2/c1-2-24-16-18-25(19-17-24)20-21-31(36)35(23-27-12-6-9-15-29(27)33)30(22-26-10-4-3-5-11-26)32(37)34-28-13-7-8-14-28/h3-6,9-12,15-19,28,30H,2,7-8,13-14,20-23H2,1H3,(H,34,37). The topological polar surface area (TPSA) is 49.4 Å². The van der Waals surface area contributed by atoms with Gasteiger partial charge in [-0.1, -0.05) is 104 Å². The van der Waals surface area contributed by atoms with E-state index in [-0.39, 0.29) is 17.9 Å². The maximum Gasteiger partial charge on any atom is 0.243 e. The maximum atomic E-state index is 13.8. The smallest absolute Gasteiger partial charge is 0.243 e. The van der Waals surface area contributed by atoms with Crippen LogP contribution in [0, 0.1) is 0 Å². The summed E-state index contributed by atoms with van der Waals surface area (Å²) < 4.78 is 0. The van der Waals surface area contributed by atoms with E-state index in [9.17, 15) is 9.59 Å². The highest BCUT2D eigenvalue weighted by molar-refractivity contribution is 6.31. The first-order valence-electron chi connectivity index (χ1n) is 13.5. The summed E-state index contributed by atoms with van der Waals surface area (Å²) in [6.45, 7) is 2.43. The van der Waals surface area contributed by atoms with Crippen molar-refractivity contribution in [1.82, 2.24) is 10.2 Å². The van der Waals surface area contributed by atoms with Gasteiger partial charge in [0.25, 0.3) is 0 Å². The van der Waals surface area contributed by atoms with Crippen LogP contribution in [0.15, 0.2) is 78.9 Å². The number of aryl methyl sites for hydroxylation is 2. The highest BCUT2D eigenvalue weighted by atomic mass is 35.5. The molecule has 1 aliphatic rings. The van der Waals surface area contributed by atoms with E-state index in [2.05, 4.69) is 36.5 Å². The Labute approximate surface area is 226 Å². The summed E-state index contributed by atoms with van der Waals surface area (Å²) in [6.07, 6.45) is 6.66. The minimum absolute atomic E-state index is 0.0398. The Bertz CT molecular complexity index is 1160. The average molecular weight is 517 g/mol. The molecule has 0 aliphatic heterocycles. The lowest BCUT2D eigenvalue weighted by Gasteiger charge is -2.32. The van der Waals surface area contributed by atoms with Crippen molar-refractivity contribution in [2.24, 2.45) is 0 Å². The molecular weight excluding hydrogens is 480 g/mol. The molecule has 2 amide bonds. The van der Waals surface area contributed by atoms with Crippen molar-refractivity contribution in [3.05, 3.63) is 106 Å². The number of halogens is 1. The second kappa shape index (κ2) is 13.4. The molecule has 0 heterocycles. The van der Waals surface area contributed by atoms with E-state index in [1.165, 1.54) is 5.56 Å². The number of carbonyl (C=O) groups excluding carboxylic acids is 2. The van der Waals surface area contributed by atoms with E-state index in [4.69, 9.17) is 11.6 Å². The van der Waals surface area contributed by atoms with Crippen LogP contribution >= 0.6 is 11.6 Å². The average Bonchev–Trinajstić information content (AvgIpc) is 3.44. The molecule has 0 aromatic heterocycles. The van der Waals surface area contributed by atoms with Gasteiger partial charge in [-0.15, -0.1) is 0 Å². The van der Waals surface area contributed by atoms with E-state index in [0.717, 1.165) is 48.8 Å². The SMILES string of the molecule is CCc1ccc(CCC(=O)N(Cc2ccccc2Cl)C(Cc2ccccc2)C(=O)NC2CCCC2)cc1. The molecule has 0 bridgehead atoms. The molecule has 0 spiro atoms. The van der Waals surface area contributed by atoms with Gasteiger partial charge in [-0.2, -0.15) is 0 Å². The third kappa shape index (κ3) is 7.69. The van der Waals surface area contributed by atoms with Crippen molar-refractivity contribution >= 4 is 23.4 Å². The summed E-state index contributed by atoms with van der Waals surface area (Å²) in [5.41, 5.74) is 4.28. The number of carbonyl (C=O) groups is 2. The van der Waals surface area contributed by atoms with Crippen LogP contribution < -0.4 is 5.32 Å². The van der Waals surface area contributed by atoms with Crippen molar-refractivity contribution in [2.45, 2.75) is 76.9 Å². The quantitative estimate of drug-likeness (QED) is 0.315. The summed E-state index contributed by atoms with van der Waals surface area (Å²) >= 11 is 6.52. The number of amides is 2. The molecule has 1 unspecified atom stereocenters. The van der Waals surface area contributed by atoms with Gasteiger partial charge < -0.3 is 10.2 Å². The first-order valence-corrected chi connectivity index (χ1v) is 13.9. The summed E-state index contributed by atoms with van der Waals surface area (Å²) in [7, 11) is 0. The number of nitrogens with zero attached hydrogens (tertiary/aromatic N) is 1. The van der Waals surface area contributed by atoms with Gasteiger partial charge in [0.05, 0.1) is 0 Å². The zero-order chi connectivity index (χ0) is 26.0. The molecule has 0 radical (unpaired) electrons. The van der Waals surface area contributed by atoms with Crippen molar-refractivity contribution in [2.75, 3.05) is 0 Å². The number of hydrogen-bond acceptors (Lipinski definition) is 2. The lowest BCUT2D eigenvalue weighted by molar-refractivity contribution is -0.141. The molecule has 3 aromatic rings. The molecule has 0 saturated heterocycles. The van der Waals surface area contributed by atoms with Gasteiger partial charge in [0.2, 0.25) is 11.8 Å². The summed E-state index contributed by atoms with van der Waals surface area (Å²) in [6, 6.07) is 25.5. The Morgan fingerprint density at radius 2 is 1.54 bits per heavy atom. The van der Waals surface area contributed by atoms with E-state index >= 15 is 0 Å². The predicted octanol–water partition coefficient (Wildman–Crippen LogP) is 6.53. The van der Waals surface area contributed by atoms with Gasteiger partial charge in [-0.3, -0.25) is 9.59 Å². The van der Waals surface area contributed by atoms with Crippen LogP contribution in [-0.4, -0.2) is 28.8 Å². The molecule has 1 aliphatic carbocycles. The van der Waals surface area contributed by atoms with Crippen LogP contribution in [0.2, 0.25) is 5.02 Å². The van der Waals surface area contributed by atoms with E-state index < -0.39 is 6.04 Å². The highest BCUT2D eigenvalue weighted by Gasteiger charge is 2.32. The number of nitrogens with one attached hydrogen (secondary N) is 1. The molecule has 194 valence electrons. The summed E-state index contributed by atoms with van der Waals surface area (Å²) in [5, 5.41) is 3.86. The van der Waals surface area contributed by atoms with Gasteiger partial charge in [-0.05, 0) is 54.0 Å². The predicted molar refractivity (Wildman–Crippen MR) is 150 cm³/mol. The minimum atomic E-state index is -0.616. The van der Waals surface area contributed by atoms with Crippen molar-refractivity contribution in [3.63, 3.8) is 0 Å². The lowest BCUT2D eigenvalue weighted by atomic mass is 10.0. The molecule has 37 heavy (non-hydrogen) atoms. The highest BCUT2D eigenvalue weighted by Crippen LogP contribution is 2.23. The maximum absolute atomic E-state index is 13.8. The Hall–Kier alpha value is -3.11. The van der Waals surface area contributed by atoms with E-state index in [1.54, 1.807) is 4.90 Å². The Morgan fingerprint density at radius 3 is 2.22 bits per heavy atom. The molecule has 1 atom stereocenters. The zero-order valence-electron chi connectivity index (χ0n) is 21.7. The number of benzene rings is 3. The van der Waals surface area contributed by atoms with Gasteiger partial charge in [0.15, 0.2) is 0 Å². The monoisotopic (exact) mass is 516 g/mol. The molecule has 1 saturated carbocycles. The minimum Gasteiger partial charge on any atom is -0.352 e. The van der Waals surface area contributed by atoms with Gasteiger partial charge >= 0.3 is 0 Å². The molecule has 4 nitrogen and oxygen atoms in total.